The summed E-state index contributed by atoms with van der Waals surface area (Å²) in [6, 6.07) is 4.16. The van der Waals surface area contributed by atoms with Crippen molar-refractivity contribution in [3.05, 3.63) is 22.4 Å². The second-order valence-corrected chi connectivity index (χ2v) is 5.99. The fraction of sp³-hybridized carbons (Fsp3) is 0.538. The number of nitrogens with two attached hydrogens (primary N) is 1. The maximum Gasteiger partial charge on any atom is 0.139 e. The number of nitrogens with zero attached hydrogens (tertiary/aromatic N) is 1. The molecule has 3 nitrogen and oxygen atoms in total. The first-order chi connectivity index (χ1) is 8.65. The third-order valence-corrected chi connectivity index (χ3v) is 4.65. The zero-order valence-corrected chi connectivity index (χ0v) is 11.7. The molecule has 0 bridgehead atoms. The van der Waals surface area contributed by atoms with Gasteiger partial charge in [0.2, 0.25) is 0 Å². The zero-order valence-electron chi connectivity index (χ0n) is 10.1. The Morgan fingerprint density at radius 3 is 3.00 bits per heavy atom. The molecular formula is C13H17BrFN3. The van der Waals surface area contributed by atoms with E-state index in [-0.39, 0.29) is 5.82 Å². The second-order valence-electron chi connectivity index (χ2n) is 5.14. The standard InChI is InChI=1S/C13H17BrFN3/c14-8-6-12(10(16)7-9(8)15)17-11-3-5-18-4-1-2-13(11)18/h6-7,11,13,17H,1-5,16H2. The Hall–Kier alpha value is -0.810. The summed E-state index contributed by atoms with van der Waals surface area (Å²) in [7, 11) is 0. The predicted octanol–water partition coefficient (Wildman–Crippen LogP) is 2.82. The van der Waals surface area contributed by atoms with Crippen LogP contribution in [0.3, 0.4) is 0 Å². The molecule has 2 fully saturated rings. The van der Waals surface area contributed by atoms with Crippen molar-refractivity contribution in [3.8, 4) is 0 Å². The van der Waals surface area contributed by atoms with Crippen LogP contribution in [-0.2, 0) is 0 Å². The summed E-state index contributed by atoms with van der Waals surface area (Å²) in [6.45, 7) is 2.37. The molecule has 1 aromatic carbocycles. The van der Waals surface area contributed by atoms with Gasteiger partial charge in [-0.1, -0.05) is 0 Å². The topological polar surface area (TPSA) is 41.3 Å². The fourth-order valence-corrected chi connectivity index (χ4v) is 3.48. The minimum absolute atomic E-state index is 0.313. The van der Waals surface area contributed by atoms with Crippen molar-refractivity contribution < 1.29 is 4.39 Å². The van der Waals surface area contributed by atoms with Crippen molar-refractivity contribution in [2.24, 2.45) is 0 Å². The number of rotatable bonds is 2. The molecule has 98 valence electrons. The molecule has 2 unspecified atom stereocenters. The van der Waals surface area contributed by atoms with E-state index in [1.54, 1.807) is 6.07 Å². The summed E-state index contributed by atoms with van der Waals surface area (Å²) in [4.78, 5) is 2.53. The van der Waals surface area contributed by atoms with Gasteiger partial charge < -0.3 is 11.1 Å². The molecule has 0 amide bonds. The molecule has 2 aliphatic heterocycles. The van der Waals surface area contributed by atoms with Gasteiger partial charge >= 0.3 is 0 Å². The minimum Gasteiger partial charge on any atom is -0.397 e. The number of nitrogens with one attached hydrogen (secondary N) is 1. The normalized spacial score (nSPS) is 27.4. The molecule has 1 aromatic rings. The first kappa shape index (κ1) is 12.2. The summed E-state index contributed by atoms with van der Waals surface area (Å²) >= 11 is 3.21. The predicted molar refractivity (Wildman–Crippen MR) is 75.1 cm³/mol. The van der Waals surface area contributed by atoms with Crippen LogP contribution >= 0.6 is 15.9 Å². The van der Waals surface area contributed by atoms with Crippen LogP contribution in [0.4, 0.5) is 15.8 Å². The van der Waals surface area contributed by atoms with Crippen molar-refractivity contribution in [1.29, 1.82) is 0 Å². The average Bonchev–Trinajstić information content (AvgIpc) is 2.90. The molecule has 0 aliphatic carbocycles. The van der Waals surface area contributed by atoms with E-state index in [9.17, 15) is 4.39 Å². The Labute approximate surface area is 115 Å². The van der Waals surface area contributed by atoms with Crippen molar-refractivity contribution >= 4 is 27.3 Å². The van der Waals surface area contributed by atoms with E-state index in [0.29, 0.717) is 22.2 Å². The largest absolute Gasteiger partial charge is 0.397 e. The van der Waals surface area contributed by atoms with Gasteiger partial charge in [0, 0.05) is 24.7 Å². The number of nitrogen functional groups attached to an aromatic ring is 1. The molecule has 3 rings (SSSR count). The summed E-state index contributed by atoms with van der Waals surface area (Å²) in [5.74, 6) is -0.313. The maximum absolute atomic E-state index is 13.3. The van der Waals surface area contributed by atoms with Gasteiger partial charge in [-0.05, 0) is 47.8 Å². The van der Waals surface area contributed by atoms with Crippen LogP contribution < -0.4 is 11.1 Å². The summed E-state index contributed by atoms with van der Waals surface area (Å²) in [6.07, 6.45) is 3.67. The molecule has 18 heavy (non-hydrogen) atoms. The highest BCUT2D eigenvalue weighted by molar-refractivity contribution is 9.10. The number of fused-ring (bicyclic) bond motifs is 1. The summed E-state index contributed by atoms with van der Waals surface area (Å²) in [5.41, 5.74) is 7.18. The number of anilines is 2. The molecule has 0 aromatic heterocycles. The van der Waals surface area contributed by atoms with Crippen LogP contribution in [-0.4, -0.2) is 30.1 Å². The van der Waals surface area contributed by atoms with Crippen LogP contribution in [0.1, 0.15) is 19.3 Å². The van der Waals surface area contributed by atoms with Gasteiger partial charge in [0.25, 0.3) is 0 Å². The second kappa shape index (κ2) is 4.70. The van der Waals surface area contributed by atoms with Crippen LogP contribution in [0.15, 0.2) is 16.6 Å². The lowest BCUT2D eigenvalue weighted by Gasteiger charge is -2.23. The van der Waals surface area contributed by atoms with Gasteiger partial charge in [0.15, 0.2) is 0 Å². The monoisotopic (exact) mass is 313 g/mol. The van der Waals surface area contributed by atoms with E-state index in [1.165, 1.54) is 25.5 Å². The minimum atomic E-state index is -0.313. The number of benzene rings is 1. The molecular weight excluding hydrogens is 297 g/mol. The molecule has 0 radical (unpaired) electrons. The quantitative estimate of drug-likeness (QED) is 0.825. The molecule has 2 saturated heterocycles. The highest BCUT2D eigenvalue weighted by atomic mass is 79.9. The Kier molecular flexibility index (Phi) is 3.20. The molecule has 3 N–H and O–H groups in total. The van der Waals surface area contributed by atoms with E-state index in [0.717, 1.165) is 18.7 Å². The Bertz CT molecular complexity index is 466. The van der Waals surface area contributed by atoms with E-state index >= 15 is 0 Å². The molecule has 0 spiro atoms. The maximum atomic E-state index is 13.3. The number of halogens is 2. The highest BCUT2D eigenvalue weighted by Crippen LogP contribution is 2.33. The summed E-state index contributed by atoms with van der Waals surface area (Å²) < 4.78 is 13.8. The van der Waals surface area contributed by atoms with Crippen LogP contribution in [0.5, 0.6) is 0 Å². The smallest absolute Gasteiger partial charge is 0.139 e. The number of hydrogen-bond donors (Lipinski definition) is 2. The third-order valence-electron chi connectivity index (χ3n) is 4.04. The van der Waals surface area contributed by atoms with Gasteiger partial charge in [-0.2, -0.15) is 0 Å². The lowest BCUT2D eigenvalue weighted by atomic mass is 10.1. The Morgan fingerprint density at radius 2 is 2.17 bits per heavy atom. The molecule has 2 atom stereocenters. The van der Waals surface area contributed by atoms with Crippen molar-refractivity contribution in [1.82, 2.24) is 4.90 Å². The SMILES string of the molecule is Nc1cc(F)c(Br)cc1NC1CCN2CCCC12. The van der Waals surface area contributed by atoms with Crippen LogP contribution in [0.25, 0.3) is 0 Å². The van der Waals surface area contributed by atoms with Crippen molar-refractivity contribution in [2.75, 3.05) is 24.1 Å². The van der Waals surface area contributed by atoms with E-state index in [2.05, 4.69) is 26.1 Å². The van der Waals surface area contributed by atoms with Gasteiger partial charge in [0.05, 0.1) is 15.8 Å². The lowest BCUT2D eigenvalue weighted by molar-refractivity contribution is 0.318. The van der Waals surface area contributed by atoms with Crippen molar-refractivity contribution in [3.63, 3.8) is 0 Å². The molecule has 0 saturated carbocycles. The van der Waals surface area contributed by atoms with E-state index in [4.69, 9.17) is 5.73 Å². The lowest BCUT2D eigenvalue weighted by Crippen LogP contribution is -2.33. The average molecular weight is 314 g/mol. The molecule has 2 aliphatic rings. The zero-order chi connectivity index (χ0) is 12.7. The van der Waals surface area contributed by atoms with Gasteiger partial charge in [0.1, 0.15) is 5.82 Å². The van der Waals surface area contributed by atoms with Gasteiger partial charge in [-0.25, -0.2) is 4.39 Å². The highest BCUT2D eigenvalue weighted by Gasteiger charge is 2.37. The fourth-order valence-electron chi connectivity index (χ4n) is 3.14. The first-order valence-electron chi connectivity index (χ1n) is 6.40. The molecule has 5 heteroatoms. The first-order valence-corrected chi connectivity index (χ1v) is 7.19. The third kappa shape index (κ3) is 2.10. The van der Waals surface area contributed by atoms with Gasteiger partial charge in [-0.3, -0.25) is 4.90 Å². The van der Waals surface area contributed by atoms with E-state index in [1.807, 2.05) is 0 Å². The molecule has 2 heterocycles. The summed E-state index contributed by atoms with van der Waals surface area (Å²) in [5, 5.41) is 3.49. The Balaban J connectivity index is 1.78. The van der Waals surface area contributed by atoms with Crippen LogP contribution in [0, 0.1) is 5.82 Å². The van der Waals surface area contributed by atoms with Crippen molar-refractivity contribution in [2.45, 2.75) is 31.3 Å². The van der Waals surface area contributed by atoms with Gasteiger partial charge in [-0.15, -0.1) is 0 Å². The Morgan fingerprint density at radius 1 is 1.33 bits per heavy atom. The number of hydrogen-bond acceptors (Lipinski definition) is 3. The van der Waals surface area contributed by atoms with Crippen LogP contribution in [0.2, 0.25) is 0 Å². The van der Waals surface area contributed by atoms with E-state index < -0.39 is 0 Å².